The second-order valence-corrected chi connectivity index (χ2v) is 14.5. The highest BCUT2D eigenvalue weighted by molar-refractivity contribution is 6.31. The molecule has 3 N–H and O–H groups in total. The van der Waals surface area contributed by atoms with E-state index in [0.717, 1.165) is 32.1 Å². The summed E-state index contributed by atoms with van der Waals surface area (Å²) in [6.45, 7) is 0. The minimum Gasteiger partial charge on any atom is -0.481 e. The molecule has 3 saturated carbocycles. The van der Waals surface area contributed by atoms with Crippen LogP contribution in [-0.2, 0) is 19.8 Å². The molecule has 0 radical (unpaired) electrons. The minimum absolute atomic E-state index is 0.0464. The Bertz CT molecular complexity index is 1550. The fraction of sp³-hybridized carbons (Fsp3) is 0.576. The van der Waals surface area contributed by atoms with Gasteiger partial charge in [-0.05, 0) is 75.6 Å². The molecule has 1 aromatic heterocycles. The molecule has 1 aromatic carbocycles. The number of nitrogens with one attached hydrogen (secondary N) is 2. The van der Waals surface area contributed by atoms with Crippen molar-refractivity contribution in [1.82, 2.24) is 15.2 Å². The average Bonchev–Trinajstić information content (AvgIpc) is 3.41. The number of amides is 2. The Morgan fingerprint density at radius 1 is 1.11 bits per heavy atom. The summed E-state index contributed by atoms with van der Waals surface area (Å²) in [6.07, 6.45) is 9.56. The van der Waals surface area contributed by atoms with Crippen LogP contribution in [0, 0.1) is 17.2 Å². The molecule has 7 rings (SSSR count). The Balaban J connectivity index is 1.37. The lowest BCUT2D eigenvalue weighted by Crippen LogP contribution is -2.61. The quantitative estimate of drug-likeness (QED) is 0.350. The van der Waals surface area contributed by atoms with Crippen LogP contribution in [0.3, 0.4) is 0 Å². The molecule has 3 heterocycles. The van der Waals surface area contributed by atoms with Crippen LogP contribution in [0.25, 0.3) is 0 Å². The van der Waals surface area contributed by atoms with Gasteiger partial charge in [-0.15, -0.1) is 0 Å². The predicted octanol–water partition coefficient (Wildman–Crippen LogP) is 6.06. The van der Waals surface area contributed by atoms with Crippen molar-refractivity contribution in [2.45, 2.75) is 99.6 Å². The number of carbonyl (C=O) groups is 3. The number of fused-ring (bicyclic) bond motifs is 5. The van der Waals surface area contributed by atoms with E-state index in [1.807, 2.05) is 11.9 Å². The molecule has 8 nitrogen and oxygen atoms in total. The zero-order valence-electron chi connectivity index (χ0n) is 24.7. The number of halogens is 3. The highest BCUT2D eigenvalue weighted by Gasteiger charge is 2.75. The Morgan fingerprint density at radius 3 is 2.64 bits per heavy atom. The van der Waals surface area contributed by atoms with Crippen molar-refractivity contribution in [2.75, 3.05) is 12.4 Å². The molecule has 3 aliphatic carbocycles. The first-order valence-electron chi connectivity index (χ1n) is 15.7. The lowest BCUT2D eigenvalue weighted by Gasteiger charge is -2.49. The molecule has 2 bridgehead atoms. The SMILES string of the molecule is CN1[C@@H](C(=O)NC2CC[C@@]3(C(=O)O)CCCC2C3)[C@H](c2cccc(Cl)c2F)[C@]2(C(=O)Nc3cc(Cl)ncc32)C12CCCCC2. The standard InChI is InChI=1S/C33H37Cl2FN4O4/c1-40-27(28(41)38-22-10-14-31(30(43)44)11-6-7-18(22)16-31)25(19-8-5-9-21(34)26(19)36)33(32(40)12-3-2-4-13-32)20-17-37-24(35)15-23(20)39-29(33)42/h5,8-9,15,17-18,22,25,27H,2-4,6-7,10-14,16H2,1H3,(H,38,41)(H,39,42)(H,43,44)/t18?,22?,25-,27+,31-,33+/m0/s1. The molecule has 4 fully saturated rings. The summed E-state index contributed by atoms with van der Waals surface area (Å²) in [5.74, 6) is -2.83. The van der Waals surface area contributed by atoms with Crippen LogP contribution in [0.5, 0.6) is 0 Å². The van der Waals surface area contributed by atoms with E-state index < -0.39 is 40.1 Å². The number of anilines is 1. The number of hydrogen-bond donors (Lipinski definition) is 3. The van der Waals surface area contributed by atoms with Crippen LogP contribution in [0.15, 0.2) is 30.5 Å². The molecule has 2 aromatic rings. The third-order valence-electron chi connectivity index (χ3n) is 11.9. The van der Waals surface area contributed by atoms with Crippen molar-refractivity contribution in [3.8, 4) is 0 Å². The van der Waals surface area contributed by atoms with Gasteiger partial charge in [-0.1, -0.05) is 61.0 Å². The van der Waals surface area contributed by atoms with Crippen molar-refractivity contribution in [1.29, 1.82) is 0 Å². The molecule has 5 aliphatic rings. The highest BCUT2D eigenvalue weighted by Crippen LogP contribution is 2.66. The summed E-state index contributed by atoms with van der Waals surface area (Å²) in [5.41, 5.74) is -1.49. The zero-order chi connectivity index (χ0) is 31.0. The molecule has 2 unspecified atom stereocenters. The number of pyridine rings is 1. The Labute approximate surface area is 266 Å². The monoisotopic (exact) mass is 642 g/mol. The van der Waals surface area contributed by atoms with Gasteiger partial charge in [0.05, 0.1) is 16.5 Å². The van der Waals surface area contributed by atoms with Crippen molar-refractivity contribution in [3.05, 3.63) is 57.6 Å². The number of carbonyl (C=O) groups excluding carboxylic acids is 2. The topological polar surface area (TPSA) is 112 Å². The number of benzene rings is 1. The second-order valence-electron chi connectivity index (χ2n) is 13.7. The van der Waals surface area contributed by atoms with Crippen LogP contribution in [0.4, 0.5) is 10.1 Å². The number of aliphatic carboxylic acids is 1. The van der Waals surface area contributed by atoms with Crippen LogP contribution >= 0.6 is 23.2 Å². The van der Waals surface area contributed by atoms with Gasteiger partial charge in [-0.3, -0.25) is 19.3 Å². The zero-order valence-corrected chi connectivity index (χ0v) is 26.2. The number of carboxylic acids is 1. The fourth-order valence-electron chi connectivity index (χ4n) is 10.0. The summed E-state index contributed by atoms with van der Waals surface area (Å²) in [7, 11) is 1.89. The number of nitrogens with zero attached hydrogens (tertiary/aromatic N) is 2. The molecule has 6 atom stereocenters. The Morgan fingerprint density at radius 2 is 1.89 bits per heavy atom. The van der Waals surface area contributed by atoms with E-state index >= 15 is 4.39 Å². The van der Waals surface area contributed by atoms with Gasteiger partial charge in [0.2, 0.25) is 11.8 Å². The molecule has 2 amide bonds. The maximum absolute atomic E-state index is 16.2. The van der Waals surface area contributed by atoms with Gasteiger partial charge in [0.1, 0.15) is 16.4 Å². The summed E-state index contributed by atoms with van der Waals surface area (Å²) < 4.78 is 16.2. The highest BCUT2D eigenvalue weighted by atomic mass is 35.5. The largest absolute Gasteiger partial charge is 0.481 e. The fourth-order valence-corrected chi connectivity index (χ4v) is 10.4. The molecule has 2 spiro atoms. The molecular formula is C33H37Cl2FN4O4. The van der Waals surface area contributed by atoms with Crippen LogP contribution in [0.2, 0.25) is 10.2 Å². The molecular weight excluding hydrogens is 606 g/mol. The van der Waals surface area contributed by atoms with E-state index in [9.17, 15) is 19.5 Å². The third kappa shape index (κ3) is 4.04. The normalized spacial score (nSPS) is 34.1. The van der Waals surface area contributed by atoms with Gasteiger partial charge in [-0.25, -0.2) is 9.37 Å². The molecule has 2 aliphatic heterocycles. The Hall–Kier alpha value is -2.75. The lowest BCUT2D eigenvalue weighted by molar-refractivity contribution is -0.155. The number of carboxylic acid groups (broad SMARTS) is 1. The minimum atomic E-state index is -1.33. The lowest BCUT2D eigenvalue weighted by atomic mass is 9.55. The van der Waals surface area contributed by atoms with Crippen molar-refractivity contribution in [3.63, 3.8) is 0 Å². The number of aromatic nitrogens is 1. The number of hydrogen-bond acceptors (Lipinski definition) is 5. The molecule has 11 heteroatoms. The van der Waals surface area contributed by atoms with Crippen molar-refractivity contribution < 1.29 is 23.9 Å². The van der Waals surface area contributed by atoms with E-state index in [1.165, 1.54) is 6.07 Å². The summed E-state index contributed by atoms with van der Waals surface area (Å²) in [6, 6.07) is 5.30. The van der Waals surface area contributed by atoms with Crippen LogP contribution in [0.1, 0.15) is 87.7 Å². The van der Waals surface area contributed by atoms with Crippen LogP contribution in [-0.4, -0.2) is 57.4 Å². The maximum atomic E-state index is 16.2. The molecule has 44 heavy (non-hydrogen) atoms. The van der Waals surface area contributed by atoms with Crippen molar-refractivity contribution >= 4 is 46.7 Å². The first-order chi connectivity index (χ1) is 21.1. The van der Waals surface area contributed by atoms with E-state index in [1.54, 1.807) is 24.4 Å². The summed E-state index contributed by atoms with van der Waals surface area (Å²) in [5, 5.41) is 16.5. The molecule has 1 saturated heterocycles. The second kappa shape index (κ2) is 10.7. The first kappa shape index (κ1) is 29.9. The number of rotatable bonds is 4. The van der Waals surface area contributed by atoms with Gasteiger partial charge < -0.3 is 15.7 Å². The van der Waals surface area contributed by atoms with Crippen molar-refractivity contribution in [2.24, 2.45) is 11.3 Å². The van der Waals surface area contributed by atoms with Gasteiger partial charge in [0.15, 0.2) is 0 Å². The van der Waals surface area contributed by atoms with Gasteiger partial charge in [0, 0.05) is 34.9 Å². The van der Waals surface area contributed by atoms with Crippen LogP contribution < -0.4 is 10.6 Å². The number of likely N-dealkylation sites (tertiary alicyclic amines) is 1. The van der Waals surface area contributed by atoms with Gasteiger partial charge in [-0.2, -0.15) is 0 Å². The van der Waals surface area contributed by atoms with Gasteiger partial charge in [0.25, 0.3) is 0 Å². The summed E-state index contributed by atoms with van der Waals surface area (Å²) in [4.78, 5) is 48.0. The van der Waals surface area contributed by atoms with E-state index in [2.05, 4.69) is 15.6 Å². The maximum Gasteiger partial charge on any atom is 0.309 e. The first-order valence-corrected chi connectivity index (χ1v) is 16.5. The van der Waals surface area contributed by atoms with E-state index in [0.29, 0.717) is 49.8 Å². The van der Waals surface area contributed by atoms with Gasteiger partial charge >= 0.3 is 5.97 Å². The Kier molecular flexibility index (Phi) is 7.26. The predicted molar refractivity (Wildman–Crippen MR) is 164 cm³/mol. The number of likely N-dealkylation sites (N-methyl/N-ethyl adjacent to an activating group) is 1. The smallest absolute Gasteiger partial charge is 0.309 e. The van der Waals surface area contributed by atoms with E-state index in [-0.39, 0.29) is 39.5 Å². The average molecular weight is 644 g/mol. The molecule has 234 valence electrons. The summed E-state index contributed by atoms with van der Waals surface area (Å²) >= 11 is 12.7. The third-order valence-corrected chi connectivity index (χ3v) is 12.4. The van der Waals surface area contributed by atoms with E-state index in [4.69, 9.17) is 23.2 Å².